The van der Waals surface area contributed by atoms with E-state index in [4.69, 9.17) is 4.74 Å². The van der Waals surface area contributed by atoms with Crippen molar-refractivity contribution in [2.75, 3.05) is 0 Å². The Kier molecular flexibility index (Phi) is 3.81. The summed E-state index contributed by atoms with van der Waals surface area (Å²) < 4.78 is 5.87. The van der Waals surface area contributed by atoms with Gasteiger partial charge in [-0.1, -0.05) is 60.2 Å². The molecule has 2 aromatic rings. The summed E-state index contributed by atoms with van der Waals surface area (Å²) in [5.41, 5.74) is 4.06. The zero-order chi connectivity index (χ0) is 16.5. The molecule has 2 nitrogen and oxygen atoms in total. The van der Waals surface area contributed by atoms with Crippen molar-refractivity contribution in [3.8, 4) is 0 Å². The van der Waals surface area contributed by atoms with E-state index in [1.54, 1.807) is 0 Å². The van der Waals surface area contributed by atoms with Crippen LogP contribution in [0.1, 0.15) is 34.3 Å². The summed E-state index contributed by atoms with van der Waals surface area (Å²) in [6.07, 6.45) is 6.45. The van der Waals surface area contributed by atoms with Crippen LogP contribution in [0, 0.1) is 18.8 Å². The number of carbonyl (C=O) groups excluding carboxylic acids is 1. The van der Waals surface area contributed by atoms with Crippen LogP contribution in [-0.2, 0) is 4.74 Å². The summed E-state index contributed by atoms with van der Waals surface area (Å²) in [6, 6.07) is 17.8. The Morgan fingerprint density at radius 2 is 1.75 bits per heavy atom. The predicted octanol–water partition coefficient (Wildman–Crippen LogP) is 5.16. The summed E-state index contributed by atoms with van der Waals surface area (Å²) in [7, 11) is 0. The van der Waals surface area contributed by atoms with Gasteiger partial charge in [-0.3, -0.25) is 0 Å². The Balaban J connectivity index is 1.68. The zero-order valence-corrected chi connectivity index (χ0v) is 13.7. The van der Waals surface area contributed by atoms with E-state index in [0.29, 0.717) is 17.4 Å². The number of esters is 1. The fourth-order valence-corrected chi connectivity index (χ4v) is 3.64. The highest BCUT2D eigenvalue weighted by Crippen LogP contribution is 2.45. The Bertz CT molecular complexity index is 813. The topological polar surface area (TPSA) is 26.3 Å². The molecule has 0 spiro atoms. The molecule has 24 heavy (non-hydrogen) atoms. The van der Waals surface area contributed by atoms with Gasteiger partial charge in [0.1, 0.15) is 5.76 Å². The molecule has 0 saturated heterocycles. The molecule has 0 amide bonds. The Hall–Kier alpha value is -2.61. The van der Waals surface area contributed by atoms with E-state index < -0.39 is 0 Å². The minimum absolute atomic E-state index is 0.264. The summed E-state index contributed by atoms with van der Waals surface area (Å²) in [5, 5.41) is 0. The van der Waals surface area contributed by atoms with Crippen molar-refractivity contribution in [2.24, 2.45) is 11.8 Å². The second kappa shape index (κ2) is 6.12. The van der Waals surface area contributed by atoms with Crippen molar-refractivity contribution in [1.29, 1.82) is 0 Å². The number of fused-ring (bicyclic) bond motifs is 2. The van der Waals surface area contributed by atoms with Crippen LogP contribution in [0.15, 0.2) is 72.5 Å². The van der Waals surface area contributed by atoms with Crippen LogP contribution >= 0.6 is 0 Å². The van der Waals surface area contributed by atoms with Crippen LogP contribution in [0.3, 0.4) is 0 Å². The molecule has 0 aliphatic heterocycles. The molecule has 0 heterocycles. The first kappa shape index (κ1) is 14.9. The Morgan fingerprint density at radius 1 is 1.00 bits per heavy atom. The molecule has 2 atom stereocenters. The van der Waals surface area contributed by atoms with Gasteiger partial charge >= 0.3 is 5.97 Å². The van der Waals surface area contributed by atoms with Gasteiger partial charge in [-0.2, -0.15) is 0 Å². The SMILES string of the molecule is Cc1ccc(C(=O)OC2=C(c3ccccc3)[C@@H]3C=C[C@H](C2)C3)cc1. The van der Waals surface area contributed by atoms with E-state index >= 15 is 0 Å². The van der Waals surface area contributed by atoms with Gasteiger partial charge in [-0.05, 0) is 37.0 Å². The van der Waals surface area contributed by atoms with Crippen molar-refractivity contribution < 1.29 is 9.53 Å². The van der Waals surface area contributed by atoms with Crippen LogP contribution in [0.2, 0.25) is 0 Å². The van der Waals surface area contributed by atoms with Crippen LogP contribution < -0.4 is 0 Å². The molecule has 0 saturated carbocycles. The Morgan fingerprint density at radius 3 is 2.50 bits per heavy atom. The monoisotopic (exact) mass is 316 g/mol. The molecule has 2 aromatic carbocycles. The van der Waals surface area contributed by atoms with Gasteiger partial charge in [0.15, 0.2) is 0 Å². The van der Waals surface area contributed by atoms with Crippen molar-refractivity contribution >= 4 is 11.5 Å². The molecule has 2 bridgehead atoms. The number of aryl methyl sites for hydroxylation is 1. The molecule has 2 aliphatic rings. The van der Waals surface area contributed by atoms with Crippen molar-refractivity contribution in [2.45, 2.75) is 19.8 Å². The first-order chi connectivity index (χ1) is 11.7. The molecular formula is C22H20O2. The highest BCUT2D eigenvalue weighted by Gasteiger charge is 2.33. The summed E-state index contributed by atoms with van der Waals surface area (Å²) >= 11 is 0. The average molecular weight is 316 g/mol. The van der Waals surface area contributed by atoms with E-state index in [1.807, 2.05) is 49.4 Å². The van der Waals surface area contributed by atoms with Crippen molar-refractivity contribution in [1.82, 2.24) is 0 Å². The number of carbonyl (C=O) groups is 1. The minimum Gasteiger partial charge on any atom is -0.427 e. The fourth-order valence-electron chi connectivity index (χ4n) is 3.64. The van der Waals surface area contributed by atoms with E-state index in [2.05, 4.69) is 24.3 Å². The third-order valence-corrected chi connectivity index (χ3v) is 4.88. The van der Waals surface area contributed by atoms with Gasteiger partial charge < -0.3 is 4.74 Å². The standard InChI is InChI=1S/C22H20O2/c1-15-7-10-18(11-8-15)22(23)24-20-14-16-9-12-19(13-16)21(20)17-5-3-2-4-6-17/h2-12,16,19H,13-14H2,1H3/t16-,19+/m0/s1. The second-order valence-electron chi connectivity index (χ2n) is 6.65. The van der Waals surface area contributed by atoms with Crippen LogP contribution in [-0.4, -0.2) is 5.97 Å². The predicted molar refractivity (Wildman–Crippen MR) is 95.3 cm³/mol. The molecule has 0 radical (unpaired) electrons. The molecular weight excluding hydrogens is 296 g/mol. The maximum Gasteiger partial charge on any atom is 0.343 e. The van der Waals surface area contributed by atoms with Gasteiger partial charge in [0.25, 0.3) is 0 Å². The number of ether oxygens (including phenoxy) is 1. The first-order valence-electron chi connectivity index (χ1n) is 8.46. The van der Waals surface area contributed by atoms with E-state index in [1.165, 1.54) is 5.57 Å². The van der Waals surface area contributed by atoms with E-state index in [-0.39, 0.29) is 5.97 Å². The van der Waals surface area contributed by atoms with Gasteiger partial charge in [0, 0.05) is 17.9 Å². The zero-order valence-electron chi connectivity index (χ0n) is 13.7. The molecule has 0 fully saturated rings. The molecule has 2 aliphatic carbocycles. The number of allylic oxidation sites excluding steroid dienone is 4. The number of benzene rings is 2. The highest BCUT2D eigenvalue weighted by atomic mass is 16.5. The van der Waals surface area contributed by atoms with Crippen LogP contribution in [0.4, 0.5) is 0 Å². The maximum absolute atomic E-state index is 12.6. The third-order valence-electron chi connectivity index (χ3n) is 4.88. The van der Waals surface area contributed by atoms with Crippen LogP contribution in [0.5, 0.6) is 0 Å². The quantitative estimate of drug-likeness (QED) is 0.577. The third kappa shape index (κ3) is 2.80. The lowest BCUT2D eigenvalue weighted by Gasteiger charge is -2.26. The first-order valence-corrected chi connectivity index (χ1v) is 8.46. The van der Waals surface area contributed by atoms with Crippen molar-refractivity contribution in [3.05, 3.63) is 89.2 Å². The molecule has 120 valence electrons. The number of hydrogen-bond donors (Lipinski definition) is 0. The summed E-state index contributed by atoms with van der Waals surface area (Å²) in [5.74, 6) is 1.41. The van der Waals surface area contributed by atoms with Gasteiger partial charge in [0.05, 0.1) is 5.56 Å². The lowest BCUT2D eigenvalue weighted by atomic mass is 9.82. The minimum atomic E-state index is -0.264. The number of hydrogen-bond acceptors (Lipinski definition) is 2. The van der Waals surface area contributed by atoms with Crippen molar-refractivity contribution in [3.63, 3.8) is 0 Å². The lowest BCUT2D eigenvalue weighted by Crippen LogP contribution is -2.16. The summed E-state index contributed by atoms with van der Waals surface area (Å²) in [6.45, 7) is 2.01. The largest absolute Gasteiger partial charge is 0.427 e. The van der Waals surface area contributed by atoms with E-state index in [0.717, 1.165) is 29.7 Å². The van der Waals surface area contributed by atoms with Gasteiger partial charge in [-0.25, -0.2) is 4.79 Å². The summed E-state index contributed by atoms with van der Waals surface area (Å²) in [4.78, 5) is 12.6. The second-order valence-corrected chi connectivity index (χ2v) is 6.65. The normalized spacial score (nSPS) is 21.9. The van der Waals surface area contributed by atoms with Gasteiger partial charge in [-0.15, -0.1) is 0 Å². The average Bonchev–Trinajstić information content (AvgIpc) is 2.98. The molecule has 2 heteroatoms. The maximum atomic E-state index is 12.6. The van der Waals surface area contributed by atoms with E-state index in [9.17, 15) is 4.79 Å². The molecule has 0 unspecified atom stereocenters. The smallest absolute Gasteiger partial charge is 0.343 e. The number of rotatable bonds is 3. The molecule has 0 N–H and O–H groups in total. The molecule has 4 rings (SSSR count). The fraction of sp³-hybridized carbons (Fsp3) is 0.227. The Labute approximate surface area is 142 Å². The molecule has 0 aromatic heterocycles. The van der Waals surface area contributed by atoms with Gasteiger partial charge in [0.2, 0.25) is 0 Å². The highest BCUT2D eigenvalue weighted by molar-refractivity contribution is 5.91. The van der Waals surface area contributed by atoms with Crippen LogP contribution in [0.25, 0.3) is 5.57 Å². The lowest BCUT2D eigenvalue weighted by molar-refractivity contribution is 0.0605.